The number of carbonyl (C=O) groups is 2. The van der Waals surface area contributed by atoms with Gasteiger partial charge in [-0.05, 0) is 60.2 Å². The largest absolute Gasteiger partial charge is 0.507 e. The number of ether oxygens (including phenoxy) is 2. The molecule has 1 unspecified atom stereocenters. The third-order valence-electron chi connectivity index (χ3n) is 5.57. The number of nitrogens with zero attached hydrogens (tertiary/aromatic N) is 2. The number of benzene rings is 2. The molecule has 1 amide bonds. The van der Waals surface area contributed by atoms with Gasteiger partial charge in [0.1, 0.15) is 17.3 Å². The second kappa shape index (κ2) is 9.20. The number of aliphatic hydroxyl groups excluding tert-OH is 1. The number of rotatable bonds is 6. The van der Waals surface area contributed by atoms with E-state index in [-0.39, 0.29) is 27.5 Å². The average molecular weight is 496 g/mol. The van der Waals surface area contributed by atoms with Crippen LogP contribution in [-0.4, -0.2) is 44.4 Å². The molecule has 1 aliphatic rings. The van der Waals surface area contributed by atoms with Crippen LogP contribution in [0.2, 0.25) is 0 Å². The van der Waals surface area contributed by atoms with Crippen molar-refractivity contribution in [2.75, 3.05) is 19.1 Å². The Hall–Kier alpha value is -4.22. The Balaban J connectivity index is 1.95. The van der Waals surface area contributed by atoms with E-state index >= 15 is 0 Å². The van der Waals surface area contributed by atoms with Gasteiger partial charge >= 0.3 is 0 Å². The zero-order chi connectivity index (χ0) is 25.3. The number of Topliss-reactive ketones (excluding diaryl/α,β-unsaturated/α-hetero) is 1. The number of hydrogen-bond acceptors (Lipinski definition) is 8. The van der Waals surface area contributed by atoms with Crippen LogP contribution >= 0.6 is 0 Å². The highest BCUT2D eigenvalue weighted by Crippen LogP contribution is 2.43. The third-order valence-corrected chi connectivity index (χ3v) is 6.50. The summed E-state index contributed by atoms with van der Waals surface area (Å²) in [5.41, 5.74) is 0.716. The van der Waals surface area contributed by atoms with Gasteiger partial charge in [-0.25, -0.2) is 13.6 Å². The molecule has 1 aliphatic heterocycles. The van der Waals surface area contributed by atoms with Gasteiger partial charge in [0, 0.05) is 18.1 Å². The number of aliphatic hydroxyl groups is 1. The lowest BCUT2D eigenvalue weighted by Crippen LogP contribution is -2.29. The number of anilines is 1. The average Bonchev–Trinajstić information content (AvgIpc) is 3.13. The number of primary sulfonamides is 1. The highest BCUT2D eigenvalue weighted by Gasteiger charge is 2.47. The van der Waals surface area contributed by atoms with E-state index in [9.17, 15) is 23.1 Å². The van der Waals surface area contributed by atoms with E-state index in [1.165, 1.54) is 61.8 Å². The molecule has 1 atom stereocenters. The van der Waals surface area contributed by atoms with Crippen LogP contribution in [0.3, 0.4) is 0 Å². The maximum Gasteiger partial charge on any atom is 0.300 e. The van der Waals surface area contributed by atoms with Crippen LogP contribution in [0.1, 0.15) is 17.2 Å². The van der Waals surface area contributed by atoms with Crippen LogP contribution in [0.15, 0.2) is 77.5 Å². The number of carbonyl (C=O) groups excluding carboxylic acids is 2. The van der Waals surface area contributed by atoms with Gasteiger partial charge in [-0.2, -0.15) is 0 Å². The predicted molar refractivity (Wildman–Crippen MR) is 126 cm³/mol. The number of ketones is 1. The minimum absolute atomic E-state index is 0.153. The monoisotopic (exact) mass is 495 g/mol. The van der Waals surface area contributed by atoms with Crippen molar-refractivity contribution >= 4 is 33.2 Å². The summed E-state index contributed by atoms with van der Waals surface area (Å²) in [5, 5.41) is 16.5. The van der Waals surface area contributed by atoms with Crippen molar-refractivity contribution in [3.8, 4) is 11.5 Å². The van der Waals surface area contributed by atoms with Gasteiger partial charge in [-0.1, -0.05) is 0 Å². The maximum absolute atomic E-state index is 13.3. The second-order valence-electron chi connectivity index (χ2n) is 7.55. The van der Waals surface area contributed by atoms with E-state index < -0.39 is 33.5 Å². The lowest BCUT2D eigenvalue weighted by Gasteiger charge is -2.25. The van der Waals surface area contributed by atoms with Crippen LogP contribution < -0.4 is 19.5 Å². The Kier molecular flexibility index (Phi) is 6.29. The third kappa shape index (κ3) is 4.34. The minimum atomic E-state index is -3.96. The molecule has 0 spiro atoms. The second-order valence-corrected chi connectivity index (χ2v) is 9.12. The van der Waals surface area contributed by atoms with Gasteiger partial charge < -0.3 is 14.6 Å². The minimum Gasteiger partial charge on any atom is -0.507 e. The van der Waals surface area contributed by atoms with E-state index in [0.29, 0.717) is 11.3 Å². The zero-order valence-electron chi connectivity index (χ0n) is 18.7. The van der Waals surface area contributed by atoms with Crippen LogP contribution in [0, 0.1) is 0 Å². The van der Waals surface area contributed by atoms with E-state index in [1.54, 1.807) is 24.3 Å². The Morgan fingerprint density at radius 3 is 2.23 bits per heavy atom. The Bertz CT molecular complexity index is 1440. The van der Waals surface area contributed by atoms with Gasteiger partial charge in [-0.15, -0.1) is 0 Å². The summed E-state index contributed by atoms with van der Waals surface area (Å²) in [6.45, 7) is 0. The molecule has 2 heterocycles. The Morgan fingerprint density at radius 1 is 1.00 bits per heavy atom. The van der Waals surface area contributed by atoms with Crippen LogP contribution in [-0.2, 0) is 19.6 Å². The smallest absolute Gasteiger partial charge is 0.300 e. The van der Waals surface area contributed by atoms with Crippen molar-refractivity contribution in [3.63, 3.8) is 0 Å². The first-order valence-corrected chi connectivity index (χ1v) is 11.8. The molecule has 0 aliphatic carbocycles. The fraction of sp³-hybridized carbons (Fsp3) is 0.125. The first-order chi connectivity index (χ1) is 16.7. The van der Waals surface area contributed by atoms with Gasteiger partial charge in [0.25, 0.3) is 11.7 Å². The quantitative estimate of drug-likeness (QED) is 0.301. The van der Waals surface area contributed by atoms with Gasteiger partial charge in [0.05, 0.1) is 36.3 Å². The van der Waals surface area contributed by atoms with E-state index in [4.69, 9.17) is 14.6 Å². The molecule has 1 aromatic heterocycles. The van der Waals surface area contributed by atoms with Gasteiger partial charge in [0.15, 0.2) is 0 Å². The first kappa shape index (κ1) is 23.9. The number of sulfonamides is 1. The molecule has 1 fully saturated rings. The summed E-state index contributed by atoms with van der Waals surface area (Å²) in [6.07, 6.45) is 2.98. The summed E-state index contributed by atoms with van der Waals surface area (Å²) in [4.78, 5) is 31.5. The molecule has 11 heteroatoms. The van der Waals surface area contributed by atoms with Crippen molar-refractivity contribution in [3.05, 3.63) is 83.7 Å². The molecule has 180 valence electrons. The number of amides is 1. The number of aromatic nitrogens is 1. The van der Waals surface area contributed by atoms with Crippen molar-refractivity contribution in [2.24, 2.45) is 5.14 Å². The summed E-state index contributed by atoms with van der Waals surface area (Å²) in [5.74, 6) is -1.62. The number of hydrogen-bond donors (Lipinski definition) is 2. The van der Waals surface area contributed by atoms with E-state index in [2.05, 4.69) is 4.98 Å². The van der Waals surface area contributed by atoms with Gasteiger partial charge in [0.2, 0.25) is 10.0 Å². The molecule has 35 heavy (non-hydrogen) atoms. The molecule has 0 radical (unpaired) electrons. The van der Waals surface area contributed by atoms with E-state index in [1.807, 2.05) is 0 Å². The molecule has 3 aromatic rings. The number of methoxy groups -OCH3 is 2. The van der Waals surface area contributed by atoms with Crippen LogP contribution in [0.25, 0.3) is 5.76 Å². The molecule has 0 saturated carbocycles. The summed E-state index contributed by atoms with van der Waals surface area (Å²) in [7, 11) is -1.10. The van der Waals surface area contributed by atoms with Crippen molar-refractivity contribution < 1.29 is 32.6 Å². The number of pyridine rings is 1. The molecule has 0 bridgehead atoms. The topological polar surface area (TPSA) is 149 Å². The predicted octanol–water partition coefficient (Wildman–Crippen LogP) is 2.37. The molecule has 4 rings (SSSR count). The Morgan fingerprint density at radius 2 is 1.66 bits per heavy atom. The first-order valence-electron chi connectivity index (χ1n) is 10.2. The molecular formula is C24H21N3O7S. The summed E-state index contributed by atoms with van der Waals surface area (Å²) < 4.78 is 33.9. The molecular weight excluding hydrogens is 474 g/mol. The fourth-order valence-corrected chi connectivity index (χ4v) is 4.42. The van der Waals surface area contributed by atoms with Crippen molar-refractivity contribution in [1.29, 1.82) is 0 Å². The molecule has 10 nitrogen and oxygen atoms in total. The molecule has 2 aromatic carbocycles. The highest BCUT2D eigenvalue weighted by atomic mass is 32.2. The standard InChI is InChI=1S/C24H21N3O7S/c1-33-16-5-8-19(34-2)18(13-16)22(28)20-21(14-9-11-26-12-10-14)27(24(30)23(20)29)15-3-6-17(7-4-15)35(25,31)32/h3-13,21,28H,1-2H3,(H2,25,31,32)/b22-20+. The lowest BCUT2D eigenvalue weighted by atomic mass is 9.95. The SMILES string of the molecule is COc1ccc(OC)c(/C(O)=C2\C(=O)C(=O)N(c3ccc(S(N)(=O)=O)cc3)C2c2ccncc2)c1. The Labute approximate surface area is 201 Å². The molecule has 3 N–H and O–H groups in total. The number of nitrogens with two attached hydrogens (primary N) is 1. The fourth-order valence-electron chi connectivity index (χ4n) is 3.90. The van der Waals surface area contributed by atoms with Crippen molar-refractivity contribution in [2.45, 2.75) is 10.9 Å². The highest BCUT2D eigenvalue weighted by molar-refractivity contribution is 7.89. The summed E-state index contributed by atoms with van der Waals surface area (Å²) >= 11 is 0. The maximum atomic E-state index is 13.3. The molecule has 1 saturated heterocycles. The van der Waals surface area contributed by atoms with Crippen LogP contribution in [0.5, 0.6) is 11.5 Å². The van der Waals surface area contributed by atoms with Gasteiger partial charge in [-0.3, -0.25) is 19.5 Å². The normalized spacial score (nSPS) is 17.5. The van der Waals surface area contributed by atoms with Crippen molar-refractivity contribution in [1.82, 2.24) is 4.98 Å². The zero-order valence-corrected chi connectivity index (χ0v) is 19.5. The van der Waals surface area contributed by atoms with Crippen LogP contribution in [0.4, 0.5) is 5.69 Å². The lowest BCUT2D eigenvalue weighted by molar-refractivity contribution is -0.132. The van der Waals surface area contributed by atoms with E-state index in [0.717, 1.165) is 0 Å². The summed E-state index contributed by atoms with van der Waals surface area (Å²) in [6, 6.07) is 12.1.